The molecule has 1 amide bonds. The van der Waals surface area contributed by atoms with Crippen molar-refractivity contribution in [2.45, 2.75) is 25.0 Å². The minimum Gasteiger partial charge on any atom is -0.539 e. The number of nitrogens with one attached hydrogen (secondary N) is 2. The maximum absolute atomic E-state index is 12.8. The Morgan fingerprint density at radius 1 is 1.32 bits per heavy atom. The third-order valence-electron chi connectivity index (χ3n) is 3.76. The van der Waals surface area contributed by atoms with E-state index >= 15 is 0 Å². The van der Waals surface area contributed by atoms with Gasteiger partial charge in [0.1, 0.15) is 5.82 Å². The molecule has 3 atom stereocenters. The molecule has 7 nitrogen and oxygen atoms in total. The number of quaternary nitrogens is 1. The number of carboxylic acids is 2. The van der Waals surface area contributed by atoms with E-state index in [2.05, 4.69) is 5.32 Å². The van der Waals surface area contributed by atoms with Gasteiger partial charge in [-0.3, -0.25) is 10.1 Å². The van der Waals surface area contributed by atoms with Crippen molar-refractivity contribution in [2.75, 3.05) is 6.54 Å². The predicted octanol–water partition coefficient (Wildman–Crippen LogP) is -2.18. The number of carbonyl (C=O) groups is 3. The van der Waals surface area contributed by atoms with Crippen molar-refractivity contribution >= 4 is 17.8 Å². The molecule has 22 heavy (non-hydrogen) atoms. The van der Waals surface area contributed by atoms with Crippen LogP contribution in [0.2, 0.25) is 0 Å². The number of fused-ring (bicyclic) bond motifs is 1. The van der Waals surface area contributed by atoms with Crippen LogP contribution in [-0.4, -0.2) is 35.5 Å². The number of halogens is 1. The highest BCUT2D eigenvalue weighted by atomic mass is 19.1. The largest absolute Gasteiger partial charge is 0.539 e. The maximum atomic E-state index is 12.8. The molecule has 3 rings (SSSR count). The second kappa shape index (κ2) is 6.52. The van der Waals surface area contributed by atoms with Gasteiger partial charge in [-0.15, -0.1) is 0 Å². The van der Waals surface area contributed by atoms with Crippen LogP contribution in [0.4, 0.5) is 4.39 Å². The molecule has 8 heteroatoms. The Hall–Kier alpha value is -2.48. The lowest BCUT2D eigenvalue weighted by Gasteiger charge is -2.18. The van der Waals surface area contributed by atoms with Crippen molar-refractivity contribution in [1.82, 2.24) is 5.32 Å². The standard InChI is InChI=1S/C12H13FN2O.C2H2O4/c13-9-5-3-8(4-6-9)11-14-12(16)10-2-1-7-15(10)11;3-1(4)2(5)6/h3-6,10-11H,1-2,7H2,(H,14,16);(H,3,4)(H,5,6). The molecule has 2 fully saturated rings. The van der Waals surface area contributed by atoms with Crippen LogP contribution in [0.1, 0.15) is 24.6 Å². The summed E-state index contributed by atoms with van der Waals surface area (Å²) in [6.45, 7) is 1.02. The van der Waals surface area contributed by atoms with Gasteiger partial charge in [-0.1, -0.05) is 0 Å². The van der Waals surface area contributed by atoms with E-state index in [0.717, 1.165) is 24.9 Å². The number of amides is 1. The van der Waals surface area contributed by atoms with E-state index in [1.807, 2.05) is 0 Å². The van der Waals surface area contributed by atoms with Gasteiger partial charge in [-0.2, -0.15) is 0 Å². The number of hydrogen-bond donors (Lipinski definition) is 3. The maximum Gasteiger partial charge on any atom is 0.351 e. The molecule has 0 bridgehead atoms. The molecule has 2 heterocycles. The summed E-state index contributed by atoms with van der Waals surface area (Å²) in [6.07, 6.45) is 2.09. The zero-order valence-electron chi connectivity index (χ0n) is 11.5. The van der Waals surface area contributed by atoms with E-state index in [0.29, 0.717) is 0 Å². The average Bonchev–Trinajstić information content (AvgIpc) is 3.05. The highest BCUT2D eigenvalue weighted by Gasteiger charge is 2.47. The normalized spacial score (nSPS) is 25.7. The number of hydrogen-bond acceptors (Lipinski definition) is 4. The van der Waals surface area contributed by atoms with Crippen molar-refractivity contribution < 1.29 is 33.9 Å². The molecule has 1 aromatic rings. The smallest absolute Gasteiger partial charge is 0.351 e. The zero-order valence-corrected chi connectivity index (χ0v) is 11.5. The van der Waals surface area contributed by atoms with Crippen LogP contribution in [0.15, 0.2) is 24.3 Å². The van der Waals surface area contributed by atoms with Gasteiger partial charge in [0.15, 0.2) is 18.2 Å². The monoisotopic (exact) mass is 310 g/mol. The van der Waals surface area contributed by atoms with Crippen LogP contribution >= 0.6 is 0 Å². The number of benzene rings is 1. The highest BCUT2D eigenvalue weighted by Crippen LogP contribution is 2.16. The molecule has 1 aromatic carbocycles. The Morgan fingerprint density at radius 3 is 2.45 bits per heavy atom. The van der Waals surface area contributed by atoms with Gasteiger partial charge in [0.05, 0.1) is 6.54 Å². The molecule has 118 valence electrons. The van der Waals surface area contributed by atoms with Crippen LogP contribution < -0.4 is 15.3 Å². The first-order chi connectivity index (χ1) is 10.4. The molecular weight excluding hydrogens is 295 g/mol. The lowest BCUT2D eigenvalue weighted by atomic mass is 10.1. The molecule has 2 aliphatic heterocycles. The molecule has 2 aliphatic rings. The third-order valence-corrected chi connectivity index (χ3v) is 3.76. The predicted molar refractivity (Wildman–Crippen MR) is 68.8 cm³/mol. The molecule has 0 spiro atoms. The Bertz CT molecular complexity index is 577. The van der Waals surface area contributed by atoms with E-state index in [1.165, 1.54) is 17.0 Å². The summed E-state index contributed by atoms with van der Waals surface area (Å²) >= 11 is 0. The van der Waals surface area contributed by atoms with E-state index in [9.17, 15) is 9.18 Å². The van der Waals surface area contributed by atoms with Crippen molar-refractivity contribution in [3.8, 4) is 0 Å². The summed E-state index contributed by atoms with van der Waals surface area (Å²) in [7, 11) is 0. The van der Waals surface area contributed by atoms with E-state index < -0.39 is 11.9 Å². The zero-order chi connectivity index (χ0) is 16.3. The van der Waals surface area contributed by atoms with Crippen molar-refractivity contribution in [1.29, 1.82) is 0 Å². The van der Waals surface area contributed by atoms with Crippen LogP contribution in [0.5, 0.6) is 0 Å². The Labute approximate surface area is 125 Å². The van der Waals surface area contributed by atoms with Gasteiger partial charge in [0.25, 0.3) is 5.91 Å². The Morgan fingerprint density at radius 2 is 1.91 bits per heavy atom. The number of carbonyl (C=O) groups excluding carboxylic acids is 2. The second-order valence-electron chi connectivity index (χ2n) is 5.11. The second-order valence-corrected chi connectivity index (χ2v) is 5.11. The van der Waals surface area contributed by atoms with Gasteiger partial charge in [-0.25, -0.2) is 9.18 Å². The summed E-state index contributed by atoms with van der Waals surface area (Å²) < 4.78 is 12.8. The number of aliphatic carboxylic acids is 2. The molecule has 0 saturated carbocycles. The summed E-state index contributed by atoms with van der Waals surface area (Å²) in [5.74, 6) is -4.10. The fraction of sp³-hybridized carbons (Fsp3) is 0.357. The molecule has 0 aromatic heterocycles. The van der Waals surface area contributed by atoms with Crippen LogP contribution in [-0.2, 0) is 14.4 Å². The summed E-state index contributed by atoms with van der Waals surface area (Å²) in [6, 6.07) is 6.52. The van der Waals surface area contributed by atoms with Crippen LogP contribution in [0, 0.1) is 5.82 Å². The van der Waals surface area contributed by atoms with E-state index in [1.54, 1.807) is 12.1 Å². The van der Waals surface area contributed by atoms with Crippen molar-refractivity contribution in [3.05, 3.63) is 35.6 Å². The number of carboxylic acid groups (broad SMARTS) is 2. The third kappa shape index (κ3) is 3.40. The quantitative estimate of drug-likeness (QED) is 0.511. The lowest BCUT2D eigenvalue weighted by Crippen LogP contribution is -3.12. The molecule has 0 radical (unpaired) electrons. The van der Waals surface area contributed by atoms with E-state index in [4.69, 9.17) is 19.8 Å². The first kappa shape index (κ1) is 15.9. The minimum atomic E-state index is -2.07. The first-order valence-corrected chi connectivity index (χ1v) is 6.76. The summed E-state index contributed by atoms with van der Waals surface area (Å²) in [4.78, 5) is 31.0. The summed E-state index contributed by atoms with van der Waals surface area (Å²) in [5, 5.41) is 19.3. The van der Waals surface area contributed by atoms with Crippen LogP contribution in [0.3, 0.4) is 0 Å². The minimum absolute atomic E-state index is 0.0144. The number of rotatable bonds is 1. The highest BCUT2D eigenvalue weighted by molar-refractivity contribution is 6.26. The van der Waals surface area contributed by atoms with Gasteiger partial charge >= 0.3 is 5.97 Å². The molecule has 2 saturated heterocycles. The van der Waals surface area contributed by atoms with Gasteiger partial charge in [0.2, 0.25) is 0 Å². The van der Waals surface area contributed by atoms with Crippen molar-refractivity contribution in [2.24, 2.45) is 0 Å². The molecule has 3 N–H and O–H groups in total. The van der Waals surface area contributed by atoms with Gasteiger partial charge < -0.3 is 19.9 Å². The van der Waals surface area contributed by atoms with E-state index in [-0.39, 0.29) is 23.9 Å². The Kier molecular flexibility index (Phi) is 4.71. The molecule has 0 aliphatic carbocycles. The average molecular weight is 310 g/mol. The molecular formula is C14H15FN2O5. The first-order valence-electron chi connectivity index (χ1n) is 6.76. The topological polar surface area (TPSA) is 111 Å². The summed E-state index contributed by atoms with van der Waals surface area (Å²) in [5.41, 5.74) is 0.995. The van der Waals surface area contributed by atoms with Gasteiger partial charge in [0, 0.05) is 18.4 Å². The fourth-order valence-electron chi connectivity index (χ4n) is 2.80. The van der Waals surface area contributed by atoms with Gasteiger partial charge in [-0.05, 0) is 24.3 Å². The van der Waals surface area contributed by atoms with Crippen molar-refractivity contribution in [3.63, 3.8) is 0 Å². The Balaban J connectivity index is 0.000000254. The molecule has 3 unspecified atom stereocenters. The van der Waals surface area contributed by atoms with Crippen LogP contribution in [0.25, 0.3) is 0 Å². The SMILES string of the molecule is O=C([O-])C(=O)O.O=C1NC(c2ccc(F)cc2)[NH+]2CCCC12. The fourth-order valence-corrected chi connectivity index (χ4v) is 2.80. The lowest BCUT2D eigenvalue weighted by molar-refractivity contribution is -0.927.